The fourth-order valence-electron chi connectivity index (χ4n) is 2.05. The molecule has 1 aromatic heterocycles. The molecule has 0 aliphatic rings. The second-order valence-electron chi connectivity index (χ2n) is 5.29. The van der Waals surface area contributed by atoms with Crippen LogP contribution in [-0.4, -0.2) is 19.1 Å². The molecule has 3 rings (SSSR count). The Bertz CT molecular complexity index is 882. The molecule has 0 aliphatic heterocycles. The van der Waals surface area contributed by atoms with Gasteiger partial charge in [0, 0.05) is 19.8 Å². The lowest BCUT2D eigenvalue weighted by Crippen LogP contribution is -2.07. The molecule has 8 heteroatoms. The van der Waals surface area contributed by atoms with Crippen LogP contribution >= 0.6 is 11.3 Å². The number of aromatic nitrogens is 1. The highest BCUT2D eigenvalue weighted by atomic mass is 32.1. The molecule has 0 fully saturated rings. The van der Waals surface area contributed by atoms with Gasteiger partial charge in [-0.1, -0.05) is 11.3 Å². The molecule has 0 spiro atoms. The number of benzene rings is 2. The van der Waals surface area contributed by atoms with Crippen LogP contribution in [0.3, 0.4) is 0 Å². The Kier molecular flexibility index (Phi) is 4.23. The minimum absolute atomic E-state index is 0.320. The maximum Gasteiger partial charge on any atom is 0.416 e. The van der Waals surface area contributed by atoms with E-state index >= 15 is 0 Å². The smallest absolute Gasteiger partial charge is 0.378 e. The maximum absolute atomic E-state index is 12.7. The van der Waals surface area contributed by atoms with Gasteiger partial charge in [-0.3, -0.25) is 0 Å². The molecule has 0 aliphatic carbocycles. The molecule has 0 saturated heterocycles. The van der Waals surface area contributed by atoms with Crippen LogP contribution in [0.1, 0.15) is 5.56 Å². The summed E-state index contributed by atoms with van der Waals surface area (Å²) in [6, 6.07) is 10.9. The number of rotatable bonds is 3. The zero-order valence-corrected chi connectivity index (χ0v) is 13.7. The van der Waals surface area contributed by atoms with Crippen molar-refractivity contribution in [2.75, 3.05) is 19.0 Å². The normalized spacial score (nSPS) is 12.2. The van der Waals surface area contributed by atoms with Crippen molar-refractivity contribution in [3.8, 4) is 0 Å². The lowest BCUT2D eigenvalue weighted by Gasteiger charge is -2.11. The molecule has 4 nitrogen and oxygen atoms in total. The predicted octanol–water partition coefficient (Wildman–Crippen LogP) is 5.80. The first-order valence-corrected chi connectivity index (χ1v) is 7.81. The van der Waals surface area contributed by atoms with E-state index in [1.54, 1.807) is 0 Å². The van der Waals surface area contributed by atoms with Crippen molar-refractivity contribution in [1.29, 1.82) is 0 Å². The third-order valence-corrected chi connectivity index (χ3v) is 4.22. The van der Waals surface area contributed by atoms with E-state index in [-0.39, 0.29) is 0 Å². The summed E-state index contributed by atoms with van der Waals surface area (Å²) in [6.45, 7) is 0. The molecule has 1 heterocycles. The van der Waals surface area contributed by atoms with Crippen molar-refractivity contribution in [2.45, 2.75) is 6.18 Å². The van der Waals surface area contributed by atoms with Gasteiger partial charge < -0.3 is 4.90 Å². The van der Waals surface area contributed by atoms with E-state index < -0.39 is 11.7 Å². The number of azo groups is 1. The van der Waals surface area contributed by atoms with Gasteiger partial charge in [-0.05, 0) is 42.5 Å². The fraction of sp³-hybridized carbons (Fsp3) is 0.188. The van der Waals surface area contributed by atoms with Crippen molar-refractivity contribution in [2.24, 2.45) is 10.2 Å². The Hall–Kier alpha value is -2.48. The molecular formula is C16H13F3N4S. The van der Waals surface area contributed by atoms with Gasteiger partial charge >= 0.3 is 6.18 Å². The quantitative estimate of drug-likeness (QED) is 0.560. The summed E-state index contributed by atoms with van der Waals surface area (Å²) in [5.74, 6) is 0. The number of hydrogen-bond acceptors (Lipinski definition) is 5. The molecule has 0 atom stereocenters. The molecule has 2 aromatic carbocycles. The average Bonchev–Trinajstić information content (AvgIpc) is 2.94. The summed E-state index contributed by atoms with van der Waals surface area (Å²) < 4.78 is 38.6. The van der Waals surface area contributed by atoms with Crippen LogP contribution in [0, 0.1) is 0 Å². The fourth-order valence-corrected chi connectivity index (χ4v) is 2.88. The van der Waals surface area contributed by atoms with Crippen molar-refractivity contribution in [3.05, 3.63) is 48.0 Å². The molecule has 3 aromatic rings. The van der Waals surface area contributed by atoms with E-state index in [4.69, 9.17) is 0 Å². The number of nitrogens with zero attached hydrogens (tertiary/aromatic N) is 4. The Morgan fingerprint density at radius 3 is 2.33 bits per heavy atom. The Labute approximate surface area is 140 Å². The van der Waals surface area contributed by atoms with Crippen molar-refractivity contribution < 1.29 is 13.2 Å². The van der Waals surface area contributed by atoms with Crippen LogP contribution in [0.25, 0.3) is 10.2 Å². The zero-order chi connectivity index (χ0) is 17.3. The van der Waals surface area contributed by atoms with Gasteiger partial charge in [-0.25, -0.2) is 4.98 Å². The van der Waals surface area contributed by atoms with E-state index in [0.717, 1.165) is 29.2 Å². The van der Waals surface area contributed by atoms with Gasteiger partial charge in [-0.15, -0.1) is 10.2 Å². The highest BCUT2D eigenvalue weighted by molar-refractivity contribution is 7.21. The van der Waals surface area contributed by atoms with Crippen LogP contribution in [-0.2, 0) is 6.18 Å². The van der Waals surface area contributed by atoms with Gasteiger partial charge in [0.2, 0.25) is 5.13 Å². The number of hydrogen-bond donors (Lipinski definition) is 0. The summed E-state index contributed by atoms with van der Waals surface area (Å²) in [4.78, 5) is 6.14. The Morgan fingerprint density at radius 2 is 1.71 bits per heavy atom. The van der Waals surface area contributed by atoms with Crippen LogP contribution in [0.5, 0.6) is 0 Å². The molecule has 124 valence electrons. The molecule has 24 heavy (non-hydrogen) atoms. The molecule has 0 N–H and O–H groups in total. The first-order valence-electron chi connectivity index (χ1n) is 7.00. The van der Waals surface area contributed by atoms with Crippen LogP contribution in [0.4, 0.5) is 29.7 Å². The summed E-state index contributed by atoms with van der Waals surface area (Å²) >= 11 is 1.08. The Balaban J connectivity index is 1.84. The largest absolute Gasteiger partial charge is 0.416 e. The van der Waals surface area contributed by atoms with Crippen LogP contribution < -0.4 is 4.90 Å². The lowest BCUT2D eigenvalue weighted by atomic mass is 10.2. The average molecular weight is 350 g/mol. The molecule has 0 saturated carbocycles. The summed E-state index contributed by atoms with van der Waals surface area (Å²) in [6.07, 6.45) is -4.37. The number of alkyl halides is 3. The van der Waals surface area contributed by atoms with Gasteiger partial charge in [0.1, 0.15) is 0 Å². The van der Waals surface area contributed by atoms with Crippen LogP contribution in [0.15, 0.2) is 52.7 Å². The highest BCUT2D eigenvalue weighted by Crippen LogP contribution is 2.35. The number of halogens is 3. The standard InChI is InChI=1S/C16H13F3N4S/c1-23(2)12-6-4-11(5-7-12)21-22-15-20-13-8-3-10(16(17,18)19)9-14(13)24-15/h3-9H,1-2H3. The summed E-state index contributed by atoms with van der Waals surface area (Å²) in [5, 5.41) is 8.41. The van der Waals surface area contributed by atoms with Crippen molar-refractivity contribution >= 4 is 38.1 Å². The zero-order valence-electron chi connectivity index (χ0n) is 12.9. The first-order chi connectivity index (χ1) is 11.3. The van der Waals surface area contributed by atoms with E-state index in [1.807, 2.05) is 43.3 Å². The second-order valence-corrected chi connectivity index (χ2v) is 6.30. The third-order valence-electron chi connectivity index (χ3n) is 3.32. The molecule has 0 unspecified atom stereocenters. The lowest BCUT2D eigenvalue weighted by molar-refractivity contribution is -0.137. The van der Waals surface area contributed by atoms with Crippen LogP contribution in [0.2, 0.25) is 0 Å². The third kappa shape index (κ3) is 3.53. The molecule has 0 bridgehead atoms. The van der Waals surface area contributed by atoms with Gasteiger partial charge in [0.05, 0.1) is 21.5 Å². The van der Waals surface area contributed by atoms with Gasteiger partial charge in [0.15, 0.2) is 0 Å². The van der Waals surface area contributed by atoms with E-state index in [1.165, 1.54) is 6.07 Å². The molecule has 0 radical (unpaired) electrons. The molecular weight excluding hydrogens is 337 g/mol. The second kappa shape index (κ2) is 6.20. The predicted molar refractivity (Wildman–Crippen MR) is 89.6 cm³/mol. The van der Waals surface area contributed by atoms with E-state index in [2.05, 4.69) is 15.2 Å². The van der Waals surface area contributed by atoms with Gasteiger partial charge in [0.25, 0.3) is 0 Å². The first kappa shape index (κ1) is 16.4. The minimum Gasteiger partial charge on any atom is -0.378 e. The number of fused-ring (bicyclic) bond motifs is 1. The SMILES string of the molecule is CN(C)c1ccc(N=Nc2nc3ccc(C(F)(F)F)cc3s2)cc1. The van der Waals surface area contributed by atoms with E-state index in [9.17, 15) is 13.2 Å². The highest BCUT2D eigenvalue weighted by Gasteiger charge is 2.30. The Morgan fingerprint density at radius 1 is 1.00 bits per heavy atom. The summed E-state index contributed by atoms with van der Waals surface area (Å²) in [5.41, 5.74) is 1.47. The van der Waals surface area contributed by atoms with E-state index in [0.29, 0.717) is 21.0 Å². The minimum atomic E-state index is -4.37. The monoisotopic (exact) mass is 350 g/mol. The van der Waals surface area contributed by atoms with Gasteiger partial charge in [-0.2, -0.15) is 13.2 Å². The molecule has 0 amide bonds. The topological polar surface area (TPSA) is 40.9 Å². The maximum atomic E-state index is 12.7. The van der Waals surface area contributed by atoms with Crippen molar-refractivity contribution in [3.63, 3.8) is 0 Å². The summed E-state index contributed by atoms with van der Waals surface area (Å²) in [7, 11) is 3.87. The number of anilines is 1. The van der Waals surface area contributed by atoms with Crippen molar-refractivity contribution in [1.82, 2.24) is 4.98 Å². The number of thiazole rings is 1.